The number of rotatable bonds is 4. The van der Waals surface area contributed by atoms with E-state index >= 15 is 0 Å². The summed E-state index contributed by atoms with van der Waals surface area (Å²) in [4.78, 5) is 61.9. The summed E-state index contributed by atoms with van der Waals surface area (Å²) in [6.45, 7) is 2.06. The highest BCUT2D eigenvalue weighted by atomic mass is 35.5. The van der Waals surface area contributed by atoms with E-state index in [4.69, 9.17) is 16.3 Å². The number of hydrogen-bond donors (Lipinski definition) is 2. The molecule has 2 aliphatic rings. The van der Waals surface area contributed by atoms with E-state index in [0.717, 1.165) is 4.90 Å². The molecule has 2 bridgehead atoms. The highest BCUT2D eigenvalue weighted by molar-refractivity contribution is 6.41. The van der Waals surface area contributed by atoms with Gasteiger partial charge in [-0.1, -0.05) is 43.1 Å². The number of esters is 1. The fourth-order valence-electron chi connectivity index (χ4n) is 5.24. The number of imidazole rings is 1. The van der Waals surface area contributed by atoms with Crippen LogP contribution in [0.1, 0.15) is 43.6 Å². The molecule has 2 aliphatic heterocycles. The van der Waals surface area contributed by atoms with Crippen LogP contribution >= 0.6 is 11.6 Å². The molecule has 5 rings (SSSR count). The Morgan fingerprint density at radius 2 is 1.95 bits per heavy atom. The molecular weight excluding hydrogens is 553 g/mol. The summed E-state index contributed by atoms with van der Waals surface area (Å²) in [6, 6.07) is 9.03. The number of amides is 3. The van der Waals surface area contributed by atoms with Crippen molar-refractivity contribution in [2.75, 3.05) is 30.4 Å². The molecule has 41 heavy (non-hydrogen) atoms. The van der Waals surface area contributed by atoms with Crippen LogP contribution < -0.4 is 10.2 Å². The van der Waals surface area contributed by atoms with Gasteiger partial charge in [-0.05, 0) is 36.6 Å². The van der Waals surface area contributed by atoms with Crippen molar-refractivity contribution < 1.29 is 28.3 Å². The minimum atomic E-state index is -0.855. The zero-order valence-corrected chi connectivity index (χ0v) is 23.3. The Hall–Kier alpha value is -4.25. The van der Waals surface area contributed by atoms with Crippen LogP contribution in [0.3, 0.4) is 0 Å². The van der Waals surface area contributed by atoms with Crippen molar-refractivity contribution in [2.45, 2.75) is 38.6 Å². The van der Waals surface area contributed by atoms with Crippen molar-refractivity contribution in [3.63, 3.8) is 0 Å². The summed E-state index contributed by atoms with van der Waals surface area (Å²) >= 11 is 5.91. The number of ether oxygens (including phenoxy) is 1. The number of nitrogens with zero attached hydrogens (tertiary/aromatic N) is 3. The summed E-state index contributed by atoms with van der Waals surface area (Å²) in [7, 11) is 1.32. The molecule has 0 aliphatic carbocycles. The van der Waals surface area contributed by atoms with Crippen molar-refractivity contribution >= 4 is 46.7 Å². The molecule has 12 heteroatoms. The van der Waals surface area contributed by atoms with Gasteiger partial charge < -0.3 is 19.9 Å². The minimum Gasteiger partial charge on any atom is -0.469 e. The minimum absolute atomic E-state index is 0.0440. The first-order valence-electron chi connectivity index (χ1n) is 13.3. The number of piperazine rings is 1. The molecule has 0 saturated carbocycles. The first kappa shape index (κ1) is 28.3. The second-order valence-corrected chi connectivity index (χ2v) is 10.6. The number of aromatic nitrogens is 2. The van der Waals surface area contributed by atoms with Gasteiger partial charge >= 0.3 is 17.8 Å². The van der Waals surface area contributed by atoms with E-state index in [9.17, 15) is 23.6 Å². The van der Waals surface area contributed by atoms with Gasteiger partial charge in [-0.25, -0.2) is 9.37 Å². The van der Waals surface area contributed by atoms with Crippen LogP contribution in [0.2, 0.25) is 5.02 Å². The molecule has 2 atom stereocenters. The number of benzene rings is 2. The smallest absolute Gasteiger partial charge is 0.316 e. The van der Waals surface area contributed by atoms with E-state index in [0.29, 0.717) is 47.6 Å². The highest BCUT2D eigenvalue weighted by Gasteiger charge is 2.39. The number of methoxy groups -OCH3 is 1. The Labute approximate surface area is 240 Å². The Bertz CT molecular complexity index is 1520. The molecule has 3 heterocycles. The maximum absolute atomic E-state index is 14.7. The van der Waals surface area contributed by atoms with E-state index in [1.807, 2.05) is 6.92 Å². The van der Waals surface area contributed by atoms with Crippen molar-refractivity contribution in [3.05, 3.63) is 64.8 Å². The molecule has 1 saturated heterocycles. The SMILES string of the molecule is COC(=O)Cc1ccc2c(c1)NC(=O)[C@H](C)CCC[C@H](N1CCN(c3cccc(Cl)c3F)C(=O)C1=O)c1ncc-2[nH]1. The Morgan fingerprint density at radius 3 is 2.73 bits per heavy atom. The average molecular weight is 582 g/mol. The number of carbonyl (C=O) groups is 4. The second kappa shape index (κ2) is 11.7. The molecule has 214 valence electrons. The normalized spacial score (nSPS) is 19.7. The summed E-state index contributed by atoms with van der Waals surface area (Å²) in [5.41, 5.74) is 2.39. The van der Waals surface area contributed by atoms with Gasteiger partial charge in [-0.3, -0.25) is 24.1 Å². The predicted octanol–water partition coefficient (Wildman–Crippen LogP) is 4.26. The number of aromatic amines is 1. The maximum Gasteiger partial charge on any atom is 0.316 e. The monoisotopic (exact) mass is 581 g/mol. The van der Waals surface area contributed by atoms with Crippen molar-refractivity contribution in [1.29, 1.82) is 0 Å². The topological polar surface area (TPSA) is 125 Å². The van der Waals surface area contributed by atoms with Crippen LogP contribution in [0.5, 0.6) is 0 Å². The molecule has 2 N–H and O–H groups in total. The van der Waals surface area contributed by atoms with Crippen LogP contribution in [-0.2, 0) is 30.3 Å². The molecular formula is C29H29ClFN5O5. The number of fused-ring (bicyclic) bond motifs is 4. The van der Waals surface area contributed by atoms with E-state index < -0.39 is 29.6 Å². The lowest BCUT2D eigenvalue weighted by atomic mass is 9.98. The molecule has 2 aromatic carbocycles. The number of carbonyl (C=O) groups excluding carboxylic acids is 4. The highest BCUT2D eigenvalue weighted by Crippen LogP contribution is 2.35. The van der Waals surface area contributed by atoms with E-state index in [1.165, 1.54) is 30.2 Å². The Balaban J connectivity index is 1.47. The number of halogens is 2. The number of anilines is 2. The molecule has 0 radical (unpaired) electrons. The Morgan fingerprint density at radius 1 is 1.15 bits per heavy atom. The number of nitrogens with one attached hydrogen (secondary N) is 2. The van der Waals surface area contributed by atoms with Crippen molar-refractivity contribution in [2.24, 2.45) is 5.92 Å². The van der Waals surface area contributed by atoms with Gasteiger partial charge in [0, 0.05) is 24.6 Å². The summed E-state index contributed by atoms with van der Waals surface area (Å²) in [6.07, 6.45) is 3.23. The lowest BCUT2D eigenvalue weighted by molar-refractivity contribution is -0.148. The summed E-state index contributed by atoms with van der Waals surface area (Å²) < 4.78 is 19.4. The third-order valence-corrected chi connectivity index (χ3v) is 7.83. The van der Waals surface area contributed by atoms with Gasteiger partial charge in [0.1, 0.15) is 5.82 Å². The van der Waals surface area contributed by atoms with Gasteiger partial charge in [0.25, 0.3) is 0 Å². The van der Waals surface area contributed by atoms with E-state index in [1.54, 1.807) is 24.4 Å². The third kappa shape index (κ3) is 5.67. The van der Waals surface area contributed by atoms with Crippen LogP contribution in [0.4, 0.5) is 15.8 Å². The van der Waals surface area contributed by atoms with Crippen LogP contribution in [-0.4, -0.2) is 58.8 Å². The summed E-state index contributed by atoms with van der Waals surface area (Å²) in [5.74, 6) is -2.81. The first-order chi connectivity index (χ1) is 19.7. The van der Waals surface area contributed by atoms with Gasteiger partial charge in [0.2, 0.25) is 5.91 Å². The zero-order chi connectivity index (χ0) is 29.3. The fourth-order valence-corrected chi connectivity index (χ4v) is 5.41. The first-order valence-corrected chi connectivity index (χ1v) is 13.7. The lowest BCUT2D eigenvalue weighted by Crippen LogP contribution is -2.55. The van der Waals surface area contributed by atoms with E-state index in [-0.39, 0.29) is 42.0 Å². The zero-order valence-electron chi connectivity index (χ0n) is 22.6. The van der Waals surface area contributed by atoms with Crippen molar-refractivity contribution in [3.8, 4) is 11.3 Å². The number of H-pyrrole nitrogens is 1. The standard InChI is InChI=1S/C29H29ClFN5O5/c1-16-5-3-8-23(36-12-11-35(28(39)29(36)40)22-7-4-6-19(30)25(22)31)26-32-15-21(33-26)18-10-9-17(14-24(37)41-2)13-20(18)34-27(16)38/h4,6-7,9-10,13,15-16,23H,3,5,8,11-12,14H2,1-2H3,(H,32,33)(H,34,38)/t16-,23+/m1/s1. The molecule has 1 aromatic heterocycles. The van der Waals surface area contributed by atoms with Gasteiger partial charge in [-0.15, -0.1) is 0 Å². The second-order valence-electron chi connectivity index (χ2n) is 10.2. The molecule has 0 spiro atoms. The van der Waals surface area contributed by atoms with Crippen LogP contribution in [0.15, 0.2) is 42.6 Å². The van der Waals surface area contributed by atoms with Crippen molar-refractivity contribution in [1.82, 2.24) is 14.9 Å². The molecule has 0 unspecified atom stereocenters. The largest absolute Gasteiger partial charge is 0.469 e. The van der Waals surface area contributed by atoms with Crippen LogP contribution in [0.25, 0.3) is 11.3 Å². The average Bonchev–Trinajstić information content (AvgIpc) is 3.44. The quantitative estimate of drug-likeness (QED) is 0.350. The fraction of sp³-hybridized carbons (Fsp3) is 0.345. The van der Waals surface area contributed by atoms with Crippen LogP contribution in [0, 0.1) is 11.7 Å². The lowest BCUT2D eigenvalue weighted by Gasteiger charge is -2.38. The number of hydrogen-bond acceptors (Lipinski definition) is 6. The summed E-state index contributed by atoms with van der Waals surface area (Å²) in [5, 5.41) is 2.85. The molecule has 3 aromatic rings. The third-order valence-electron chi connectivity index (χ3n) is 7.53. The van der Waals surface area contributed by atoms with Gasteiger partial charge in [0.15, 0.2) is 5.82 Å². The predicted molar refractivity (Wildman–Crippen MR) is 150 cm³/mol. The van der Waals surface area contributed by atoms with Gasteiger partial charge in [-0.2, -0.15) is 0 Å². The van der Waals surface area contributed by atoms with E-state index in [2.05, 4.69) is 15.3 Å². The molecule has 1 fully saturated rings. The van der Waals surface area contributed by atoms with Gasteiger partial charge in [0.05, 0.1) is 47.9 Å². The Kier molecular flexibility index (Phi) is 8.07. The molecule has 10 nitrogen and oxygen atoms in total. The molecule has 3 amide bonds. The maximum atomic E-state index is 14.7.